The van der Waals surface area contributed by atoms with Gasteiger partial charge < -0.3 is 0 Å². The number of aromatic nitrogens is 2. The van der Waals surface area contributed by atoms with Gasteiger partial charge in [0, 0.05) is 38.3 Å². The largest absolute Gasteiger partial charge is 0.292 e. The molecule has 4 rings (SSSR count). The topological polar surface area (TPSA) is 86.7 Å². The Hall–Kier alpha value is -2.36. The molecule has 0 spiro atoms. The molecule has 1 unspecified atom stereocenters. The minimum absolute atomic E-state index is 0.0274. The van der Waals surface area contributed by atoms with Crippen LogP contribution in [0.5, 0.6) is 0 Å². The summed E-state index contributed by atoms with van der Waals surface area (Å²) in [5.41, 5.74) is 2.80. The smallest absolute Gasteiger partial charge is 0.282 e. The molecule has 1 amide bonds. The molecule has 1 atom stereocenters. The molecule has 1 saturated heterocycles. The zero-order valence-electron chi connectivity index (χ0n) is 17.6. The molecule has 3 heterocycles. The summed E-state index contributed by atoms with van der Waals surface area (Å²) < 4.78 is 28.3. The summed E-state index contributed by atoms with van der Waals surface area (Å²) in [6.07, 6.45) is 2.45. The maximum Gasteiger partial charge on any atom is 0.282 e. The van der Waals surface area contributed by atoms with Crippen molar-refractivity contribution < 1.29 is 13.2 Å². The third-order valence-electron chi connectivity index (χ3n) is 5.80. The van der Waals surface area contributed by atoms with Crippen LogP contribution in [0.3, 0.4) is 0 Å². The highest BCUT2D eigenvalue weighted by Gasteiger charge is 2.39. The van der Waals surface area contributed by atoms with Crippen LogP contribution in [0, 0.1) is 6.92 Å². The number of hydrogen-bond acceptors (Lipinski definition) is 5. The van der Waals surface area contributed by atoms with Crippen LogP contribution >= 0.6 is 0 Å². The average Bonchev–Trinajstić information content (AvgIpc) is 3.21. The van der Waals surface area contributed by atoms with Crippen molar-refractivity contribution in [3.63, 3.8) is 0 Å². The quantitative estimate of drug-likeness (QED) is 0.727. The Morgan fingerprint density at radius 3 is 2.57 bits per heavy atom. The molecule has 2 aliphatic heterocycles. The van der Waals surface area contributed by atoms with Crippen LogP contribution in [0.2, 0.25) is 0 Å². The zero-order chi connectivity index (χ0) is 21.5. The Kier molecular flexibility index (Phi) is 5.61. The van der Waals surface area contributed by atoms with Crippen LogP contribution in [0.25, 0.3) is 0 Å². The van der Waals surface area contributed by atoms with Gasteiger partial charge in [-0.3, -0.25) is 9.69 Å². The van der Waals surface area contributed by atoms with Crippen molar-refractivity contribution in [1.29, 1.82) is 0 Å². The van der Waals surface area contributed by atoms with Crippen molar-refractivity contribution in [3.05, 3.63) is 53.0 Å². The summed E-state index contributed by atoms with van der Waals surface area (Å²) >= 11 is 0. The van der Waals surface area contributed by atoms with Gasteiger partial charge in [-0.1, -0.05) is 30.3 Å². The molecule has 160 valence electrons. The summed E-state index contributed by atoms with van der Waals surface area (Å²) in [4.78, 5) is 23.9. The van der Waals surface area contributed by atoms with E-state index in [-0.39, 0.29) is 5.91 Å². The minimum Gasteiger partial charge on any atom is -0.292 e. The van der Waals surface area contributed by atoms with Gasteiger partial charge in [0.05, 0.1) is 12.6 Å². The van der Waals surface area contributed by atoms with Gasteiger partial charge in [0.15, 0.2) is 0 Å². The van der Waals surface area contributed by atoms with E-state index < -0.39 is 16.3 Å². The van der Waals surface area contributed by atoms with E-state index in [4.69, 9.17) is 4.98 Å². The lowest BCUT2D eigenvalue weighted by atomic mass is 10.0. The van der Waals surface area contributed by atoms with Crippen molar-refractivity contribution in [2.24, 2.45) is 0 Å². The van der Waals surface area contributed by atoms with Crippen molar-refractivity contribution >= 4 is 21.9 Å². The van der Waals surface area contributed by atoms with E-state index in [0.29, 0.717) is 44.0 Å². The van der Waals surface area contributed by atoms with Gasteiger partial charge >= 0.3 is 0 Å². The number of carbonyl (C=O) groups is 1. The lowest BCUT2D eigenvalue weighted by Crippen LogP contribution is -2.40. The predicted molar refractivity (Wildman–Crippen MR) is 114 cm³/mol. The van der Waals surface area contributed by atoms with E-state index in [1.807, 2.05) is 37.3 Å². The fourth-order valence-corrected chi connectivity index (χ4v) is 5.47. The number of benzene rings is 1. The first-order valence-electron chi connectivity index (χ1n) is 10.2. The molecular weight excluding hydrogens is 402 g/mol. The second kappa shape index (κ2) is 8.05. The Morgan fingerprint density at radius 1 is 1.13 bits per heavy atom. The molecule has 0 aliphatic carbocycles. The molecule has 1 aromatic heterocycles. The molecule has 2 aliphatic rings. The van der Waals surface area contributed by atoms with E-state index in [1.165, 1.54) is 22.7 Å². The Bertz CT molecular complexity index is 1060. The van der Waals surface area contributed by atoms with Crippen LogP contribution in [0.15, 0.2) is 30.3 Å². The lowest BCUT2D eigenvalue weighted by Gasteiger charge is -2.31. The summed E-state index contributed by atoms with van der Waals surface area (Å²) in [7, 11) is -0.511. The Morgan fingerprint density at radius 2 is 1.87 bits per heavy atom. The van der Waals surface area contributed by atoms with Crippen molar-refractivity contribution in [3.8, 4) is 0 Å². The fourth-order valence-electron chi connectivity index (χ4n) is 4.17. The van der Waals surface area contributed by atoms with Gasteiger partial charge in [-0.2, -0.15) is 17.0 Å². The van der Waals surface area contributed by atoms with E-state index in [2.05, 4.69) is 4.98 Å². The van der Waals surface area contributed by atoms with Gasteiger partial charge in [0.2, 0.25) is 5.91 Å². The normalized spacial score (nSPS) is 20.1. The monoisotopic (exact) mass is 429 g/mol. The molecule has 0 bridgehead atoms. The SMILES string of the molecule is Cc1nc(C2CCCN2S(=O)(=O)N(C)C)nc2c1CCC(=O)N2Cc1ccccc1. The molecule has 0 saturated carbocycles. The van der Waals surface area contributed by atoms with Crippen LogP contribution in [0.1, 0.15) is 47.9 Å². The first-order chi connectivity index (χ1) is 14.3. The van der Waals surface area contributed by atoms with Crippen LogP contribution in [-0.4, -0.2) is 53.5 Å². The summed E-state index contributed by atoms with van der Waals surface area (Å²) in [6.45, 7) is 2.80. The fraction of sp³-hybridized carbons (Fsp3) is 0.476. The number of amides is 1. The first-order valence-corrected chi connectivity index (χ1v) is 11.6. The number of anilines is 1. The first kappa shape index (κ1) is 20.9. The summed E-state index contributed by atoms with van der Waals surface area (Å²) in [5.74, 6) is 1.12. The Balaban J connectivity index is 1.74. The molecule has 2 aromatic rings. The standard InChI is InChI=1S/C21H27N5O3S/c1-15-17-11-12-19(27)25(14-16-8-5-4-6-9-16)21(17)23-20(22-15)18-10-7-13-26(18)30(28,29)24(2)3/h4-6,8-9,18H,7,10-14H2,1-3H3. The molecule has 1 fully saturated rings. The molecule has 8 nitrogen and oxygen atoms in total. The second-order valence-electron chi connectivity index (χ2n) is 7.99. The minimum atomic E-state index is -3.57. The molecular formula is C21H27N5O3S. The number of rotatable bonds is 5. The summed E-state index contributed by atoms with van der Waals surface area (Å²) in [5, 5.41) is 0. The maximum atomic E-state index is 12.8. The number of fused-ring (bicyclic) bond motifs is 1. The van der Waals surface area contributed by atoms with Gasteiger partial charge in [-0.25, -0.2) is 9.97 Å². The lowest BCUT2D eigenvalue weighted by molar-refractivity contribution is -0.119. The van der Waals surface area contributed by atoms with Gasteiger partial charge in [-0.05, 0) is 31.7 Å². The number of hydrogen-bond donors (Lipinski definition) is 0. The van der Waals surface area contributed by atoms with Gasteiger partial charge in [0.25, 0.3) is 10.2 Å². The molecule has 30 heavy (non-hydrogen) atoms. The third kappa shape index (κ3) is 3.73. The molecule has 0 N–H and O–H groups in total. The average molecular weight is 430 g/mol. The highest BCUT2D eigenvalue weighted by atomic mass is 32.2. The van der Waals surface area contributed by atoms with E-state index in [0.717, 1.165) is 23.2 Å². The third-order valence-corrected chi connectivity index (χ3v) is 7.75. The van der Waals surface area contributed by atoms with E-state index in [1.54, 1.807) is 4.90 Å². The van der Waals surface area contributed by atoms with Crippen LogP contribution < -0.4 is 4.90 Å². The van der Waals surface area contributed by atoms with E-state index >= 15 is 0 Å². The van der Waals surface area contributed by atoms with Gasteiger partial charge in [-0.15, -0.1) is 0 Å². The molecule has 9 heteroatoms. The molecule has 0 radical (unpaired) electrons. The Labute approximate surface area is 177 Å². The number of nitrogens with zero attached hydrogens (tertiary/aromatic N) is 5. The number of aryl methyl sites for hydroxylation is 1. The summed E-state index contributed by atoms with van der Waals surface area (Å²) in [6, 6.07) is 9.39. The maximum absolute atomic E-state index is 12.8. The highest BCUT2D eigenvalue weighted by Crippen LogP contribution is 2.36. The highest BCUT2D eigenvalue weighted by molar-refractivity contribution is 7.86. The van der Waals surface area contributed by atoms with E-state index in [9.17, 15) is 13.2 Å². The predicted octanol–water partition coefficient (Wildman–Crippen LogP) is 2.21. The van der Waals surface area contributed by atoms with Crippen molar-refractivity contribution in [2.75, 3.05) is 25.5 Å². The van der Waals surface area contributed by atoms with Crippen LogP contribution in [0.4, 0.5) is 5.82 Å². The number of carbonyl (C=O) groups excluding carboxylic acids is 1. The van der Waals surface area contributed by atoms with Gasteiger partial charge in [0.1, 0.15) is 11.6 Å². The van der Waals surface area contributed by atoms with Crippen LogP contribution in [-0.2, 0) is 28.0 Å². The zero-order valence-corrected chi connectivity index (χ0v) is 18.4. The molecule has 1 aromatic carbocycles. The van der Waals surface area contributed by atoms with Crippen molar-refractivity contribution in [1.82, 2.24) is 18.6 Å². The second-order valence-corrected chi connectivity index (χ2v) is 10.1. The van der Waals surface area contributed by atoms with Crippen molar-refractivity contribution in [2.45, 2.75) is 45.2 Å².